The fourth-order valence-electron chi connectivity index (χ4n) is 1.70. The second kappa shape index (κ2) is 5.98. The number of anilines is 1. The third-order valence-corrected chi connectivity index (χ3v) is 2.88. The summed E-state index contributed by atoms with van der Waals surface area (Å²) in [7, 11) is 0. The summed E-state index contributed by atoms with van der Waals surface area (Å²) in [4.78, 5) is 11.9. The quantitative estimate of drug-likeness (QED) is 0.854. The van der Waals surface area contributed by atoms with E-state index in [1.807, 2.05) is 0 Å². The van der Waals surface area contributed by atoms with Crippen molar-refractivity contribution in [1.82, 2.24) is 0 Å². The number of carbonyl (C=O) groups is 1. The maximum Gasteiger partial charge on any atom is 0.258 e. The van der Waals surface area contributed by atoms with Crippen molar-refractivity contribution < 1.29 is 13.6 Å². The molecule has 0 radical (unpaired) electrons. The minimum atomic E-state index is -1.23. The Morgan fingerprint density at radius 2 is 2.00 bits per heavy atom. The molecule has 0 heterocycles. The van der Waals surface area contributed by atoms with Crippen LogP contribution in [0.25, 0.3) is 0 Å². The predicted molar refractivity (Wildman–Crippen MR) is 73.7 cm³/mol. The minimum absolute atomic E-state index is 0.0511. The molecule has 0 aliphatic rings. The van der Waals surface area contributed by atoms with Crippen molar-refractivity contribution in [2.45, 2.75) is 6.54 Å². The molecular weight excluding hydrogens is 286 g/mol. The molecule has 6 heteroatoms. The summed E-state index contributed by atoms with van der Waals surface area (Å²) < 4.78 is 26.8. The van der Waals surface area contributed by atoms with Gasteiger partial charge in [0.15, 0.2) is 11.6 Å². The van der Waals surface area contributed by atoms with Crippen molar-refractivity contribution in [3.63, 3.8) is 0 Å². The Balaban J connectivity index is 2.28. The average Bonchev–Trinajstić information content (AvgIpc) is 2.43. The second-order valence-corrected chi connectivity index (χ2v) is 4.54. The van der Waals surface area contributed by atoms with Gasteiger partial charge >= 0.3 is 0 Å². The van der Waals surface area contributed by atoms with Gasteiger partial charge in [-0.15, -0.1) is 0 Å². The van der Waals surface area contributed by atoms with Crippen LogP contribution in [-0.2, 0) is 6.54 Å². The lowest BCUT2D eigenvalue weighted by atomic mass is 10.1. The van der Waals surface area contributed by atoms with Gasteiger partial charge in [0.25, 0.3) is 5.91 Å². The van der Waals surface area contributed by atoms with Gasteiger partial charge in [-0.1, -0.05) is 23.7 Å². The lowest BCUT2D eigenvalue weighted by Crippen LogP contribution is -2.15. The molecule has 2 rings (SSSR count). The topological polar surface area (TPSA) is 55.1 Å². The molecule has 0 saturated heterocycles. The number of amides is 1. The molecule has 0 aromatic heterocycles. The molecule has 104 valence electrons. The van der Waals surface area contributed by atoms with Crippen LogP contribution in [0.3, 0.4) is 0 Å². The molecule has 0 bridgehead atoms. The molecule has 2 aromatic carbocycles. The van der Waals surface area contributed by atoms with E-state index in [0.29, 0.717) is 12.2 Å². The van der Waals surface area contributed by atoms with E-state index in [4.69, 9.17) is 17.3 Å². The molecule has 0 unspecified atom stereocenters. The minimum Gasteiger partial charge on any atom is -0.326 e. The van der Waals surface area contributed by atoms with Crippen LogP contribution in [0, 0.1) is 11.6 Å². The Morgan fingerprint density at radius 1 is 1.25 bits per heavy atom. The van der Waals surface area contributed by atoms with Gasteiger partial charge in [0, 0.05) is 17.3 Å². The highest BCUT2D eigenvalue weighted by atomic mass is 35.5. The number of carbonyl (C=O) groups excluding carboxylic acids is 1. The largest absolute Gasteiger partial charge is 0.326 e. The number of rotatable bonds is 3. The average molecular weight is 297 g/mol. The summed E-state index contributed by atoms with van der Waals surface area (Å²) in [5, 5.41) is 2.42. The first-order chi connectivity index (χ1) is 9.51. The van der Waals surface area contributed by atoms with Gasteiger partial charge < -0.3 is 11.1 Å². The van der Waals surface area contributed by atoms with E-state index < -0.39 is 23.1 Å². The van der Waals surface area contributed by atoms with Gasteiger partial charge in [-0.3, -0.25) is 4.79 Å². The number of nitrogens with two attached hydrogens (primary N) is 1. The van der Waals surface area contributed by atoms with E-state index in [1.165, 1.54) is 0 Å². The Kier molecular flexibility index (Phi) is 4.32. The molecule has 1 amide bonds. The van der Waals surface area contributed by atoms with Gasteiger partial charge in [-0.05, 0) is 29.8 Å². The molecular formula is C14H11ClF2N2O. The fraction of sp³-hybridized carbons (Fsp3) is 0.0714. The normalized spacial score (nSPS) is 10.4. The summed E-state index contributed by atoms with van der Waals surface area (Å²) in [5.41, 5.74) is 6.28. The Bertz CT molecular complexity index is 662. The first-order valence-electron chi connectivity index (χ1n) is 5.76. The Labute approximate surface area is 119 Å². The Hall–Kier alpha value is -1.98. The van der Waals surface area contributed by atoms with Crippen molar-refractivity contribution in [3.8, 4) is 0 Å². The van der Waals surface area contributed by atoms with E-state index >= 15 is 0 Å². The molecule has 0 fully saturated rings. The fourth-order valence-corrected chi connectivity index (χ4v) is 1.90. The van der Waals surface area contributed by atoms with E-state index in [0.717, 1.165) is 17.7 Å². The van der Waals surface area contributed by atoms with E-state index in [9.17, 15) is 13.6 Å². The van der Waals surface area contributed by atoms with Crippen molar-refractivity contribution >= 4 is 23.2 Å². The van der Waals surface area contributed by atoms with Gasteiger partial charge in [0.05, 0.1) is 5.56 Å². The van der Waals surface area contributed by atoms with E-state index in [-0.39, 0.29) is 5.02 Å². The highest BCUT2D eigenvalue weighted by Gasteiger charge is 2.17. The van der Waals surface area contributed by atoms with E-state index in [1.54, 1.807) is 24.3 Å². The lowest BCUT2D eigenvalue weighted by Gasteiger charge is -2.08. The van der Waals surface area contributed by atoms with Gasteiger partial charge in [-0.2, -0.15) is 0 Å². The summed E-state index contributed by atoms with van der Waals surface area (Å²) >= 11 is 5.61. The van der Waals surface area contributed by atoms with Gasteiger partial charge in [0.2, 0.25) is 0 Å². The molecule has 20 heavy (non-hydrogen) atoms. The number of benzene rings is 2. The summed E-state index contributed by atoms with van der Waals surface area (Å²) in [6, 6.07) is 8.64. The highest BCUT2D eigenvalue weighted by Crippen LogP contribution is 2.20. The maximum absolute atomic E-state index is 13.6. The first kappa shape index (κ1) is 14.4. The van der Waals surface area contributed by atoms with Crippen LogP contribution < -0.4 is 11.1 Å². The number of halogens is 3. The monoisotopic (exact) mass is 296 g/mol. The standard InChI is InChI=1S/C14H11ClF2N2O/c15-9-5-11(13(17)12(16)6-9)14(20)19-10-3-1-2-8(4-10)7-18/h1-6H,7,18H2,(H,19,20). The van der Waals surface area contributed by atoms with E-state index in [2.05, 4.69) is 5.32 Å². The Morgan fingerprint density at radius 3 is 2.70 bits per heavy atom. The zero-order chi connectivity index (χ0) is 14.7. The van der Waals surface area contributed by atoms with Crippen LogP contribution in [0.5, 0.6) is 0 Å². The van der Waals surface area contributed by atoms with Crippen molar-refractivity contribution in [3.05, 3.63) is 64.2 Å². The maximum atomic E-state index is 13.6. The smallest absolute Gasteiger partial charge is 0.258 e. The third-order valence-electron chi connectivity index (χ3n) is 2.66. The SMILES string of the molecule is NCc1cccc(NC(=O)c2cc(Cl)cc(F)c2F)c1. The van der Waals surface area contributed by atoms with Gasteiger partial charge in [-0.25, -0.2) is 8.78 Å². The van der Waals surface area contributed by atoms with Gasteiger partial charge in [0.1, 0.15) is 0 Å². The van der Waals surface area contributed by atoms with Crippen LogP contribution >= 0.6 is 11.6 Å². The summed E-state index contributed by atoms with van der Waals surface area (Å²) in [6.07, 6.45) is 0. The number of nitrogens with one attached hydrogen (secondary N) is 1. The molecule has 3 nitrogen and oxygen atoms in total. The molecule has 0 aliphatic heterocycles. The molecule has 3 N–H and O–H groups in total. The van der Waals surface area contributed by atoms with Crippen LogP contribution in [0.2, 0.25) is 5.02 Å². The first-order valence-corrected chi connectivity index (χ1v) is 6.14. The molecule has 0 spiro atoms. The van der Waals surface area contributed by atoms with Crippen molar-refractivity contribution in [2.24, 2.45) is 5.73 Å². The number of hydrogen-bond acceptors (Lipinski definition) is 2. The third kappa shape index (κ3) is 3.12. The van der Waals surface area contributed by atoms with Crippen molar-refractivity contribution in [1.29, 1.82) is 0 Å². The molecule has 2 aromatic rings. The van der Waals surface area contributed by atoms with Crippen LogP contribution in [-0.4, -0.2) is 5.91 Å². The molecule has 0 atom stereocenters. The molecule has 0 saturated carbocycles. The van der Waals surface area contributed by atoms with Crippen LogP contribution in [0.4, 0.5) is 14.5 Å². The number of hydrogen-bond donors (Lipinski definition) is 2. The summed E-state index contributed by atoms with van der Waals surface area (Å²) in [5.74, 6) is -3.18. The lowest BCUT2D eigenvalue weighted by molar-refractivity contribution is 0.102. The zero-order valence-electron chi connectivity index (χ0n) is 10.3. The summed E-state index contributed by atoms with van der Waals surface area (Å²) in [6.45, 7) is 0.309. The second-order valence-electron chi connectivity index (χ2n) is 4.11. The highest BCUT2D eigenvalue weighted by molar-refractivity contribution is 6.31. The van der Waals surface area contributed by atoms with Crippen LogP contribution in [0.1, 0.15) is 15.9 Å². The van der Waals surface area contributed by atoms with Crippen LogP contribution in [0.15, 0.2) is 36.4 Å². The predicted octanol–water partition coefficient (Wildman–Crippen LogP) is 3.33. The molecule has 0 aliphatic carbocycles. The van der Waals surface area contributed by atoms with Crippen molar-refractivity contribution in [2.75, 3.05) is 5.32 Å². The zero-order valence-corrected chi connectivity index (χ0v) is 11.0.